The number of rotatable bonds is 5. The van der Waals surface area contributed by atoms with Gasteiger partial charge in [-0.05, 0) is 65.5 Å². The van der Waals surface area contributed by atoms with Gasteiger partial charge < -0.3 is 37.9 Å². The van der Waals surface area contributed by atoms with Crippen molar-refractivity contribution in [2.45, 2.75) is 110 Å². The van der Waals surface area contributed by atoms with E-state index in [0.29, 0.717) is 12.8 Å². The van der Waals surface area contributed by atoms with Crippen LogP contribution in [0.4, 0.5) is 0 Å². The lowest BCUT2D eigenvalue weighted by molar-refractivity contribution is -0.217. The average molecular weight is 719 g/mol. The molecule has 4 bridgehead atoms. The predicted octanol–water partition coefficient (Wildman–Crippen LogP) is 5.57. The molecule has 3 aromatic rings. The van der Waals surface area contributed by atoms with Crippen molar-refractivity contribution < 1.29 is 57.1 Å². The van der Waals surface area contributed by atoms with Crippen molar-refractivity contribution in [3.8, 4) is 17.2 Å². The molecule has 8 rings (SSSR count). The first-order valence-corrected chi connectivity index (χ1v) is 17.5. The molecule has 1 N–H and O–H groups in total. The number of fused-ring (bicyclic) bond motifs is 8. The van der Waals surface area contributed by atoms with E-state index in [1.807, 2.05) is 0 Å². The zero-order valence-electron chi connectivity index (χ0n) is 30.6. The molecule has 4 heterocycles. The Morgan fingerprint density at radius 1 is 0.769 bits per heavy atom. The van der Waals surface area contributed by atoms with Gasteiger partial charge in [0, 0.05) is 16.9 Å². The minimum atomic E-state index is -1.67. The number of carbonyl (C=O) groups excluding carboxylic acids is 4. The fourth-order valence-corrected chi connectivity index (χ4v) is 9.54. The van der Waals surface area contributed by atoms with Crippen LogP contribution in [0.15, 0.2) is 33.5 Å². The minimum Gasteiger partial charge on any atom is -0.507 e. The molecule has 0 radical (unpaired) electrons. The molecule has 0 spiro atoms. The van der Waals surface area contributed by atoms with E-state index in [9.17, 15) is 29.1 Å². The first-order valence-electron chi connectivity index (χ1n) is 17.5. The number of benzene rings is 2. The molecule has 2 saturated carbocycles. The molecule has 2 saturated heterocycles. The highest BCUT2D eigenvalue weighted by atomic mass is 16.7. The normalized spacial score (nSPS) is 34.4. The van der Waals surface area contributed by atoms with E-state index in [0.717, 1.165) is 0 Å². The Bertz CT molecular complexity index is 2230. The van der Waals surface area contributed by atoms with Gasteiger partial charge in [0.15, 0.2) is 17.8 Å². The number of hydrogen-bond acceptors (Lipinski definition) is 13. The topological polar surface area (TPSA) is 174 Å². The summed E-state index contributed by atoms with van der Waals surface area (Å²) in [4.78, 5) is 69.7. The van der Waals surface area contributed by atoms with Crippen molar-refractivity contribution in [1.29, 1.82) is 0 Å². The van der Waals surface area contributed by atoms with Gasteiger partial charge in [-0.1, -0.05) is 33.8 Å². The predicted molar refractivity (Wildman–Crippen MR) is 182 cm³/mol. The van der Waals surface area contributed by atoms with E-state index in [4.69, 9.17) is 32.8 Å². The Hall–Kier alpha value is -4.81. The standard InChI is InChI=1S/C39H42O13/c1-33(2)28(49-32(45)39-16-14-37(8,30(43)52-39)35(39,5)6)27(48-31(44)38-15-13-36(7,29(42)51-38)34(38,3)4)24-21(50-33)17-20(46-9)23-25(41)22-18(40)11-10-12-19(22)47-26(23)24/h10-12,17,27-28,40H,13-16H2,1-9H3/t27-,28-,36+,37+,38-,39-/m1/s1. The van der Waals surface area contributed by atoms with Crippen LogP contribution in [0.1, 0.15) is 92.7 Å². The van der Waals surface area contributed by atoms with Crippen LogP contribution in [0.3, 0.4) is 0 Å². The van der Waals surface area contributed by atoms with E-state index in [-0.39, 0.29) is 57.6 Å². The number of carbonyl (C=O) groups is 4. The third-order valence-electron chi connectivity index (χ3n) is 14.0. The van der Waals surface area contributed by atoms with E-state index in [1.54, 1.807) is 55.4 Å². The second-order valence-electron chi connectivity index (χ2n) is 17.0. The summed E-state index contributed by atoms with van der Waals surface area (Å²) in [5.41, 5.74) is -9.20. The van der Waals surface area contributed by atoms with Crippen LogP contribution in [-0.4, -0.2) is 59.0 Å². The highest BCUT2D eigenvalue weighted by molar-refractivity contribution is 5.99. The van der Waals surface area contributed by atoms with Crippen molar-refractivity contribution in [2.75, 3.05) is 7.11 Å². The van der Waals surface area contributed by atoms with Gasteiger partial charge in [0.1, 0.15) is 39.2 Å². The molecule has 276 valence electrons. The second-order valence-corrected chi connectivity index (χ2v) is 17.0. The Labute approximate surface area is 298 Å². The molecular formula is C39H42O13. The Morgan fingerprint density at radius 3 is 1.83 bits per heavy atom. The molecule has 52 heavy (non-hydrogen) atoms. The van der Waals surface area contributed by atoms with Crippen LogP contribution in [-0.2, 0) is 38.1 Å². The summed E-state index contributed by atoms with van der Waals surface area (Å²) in [7, 11) is 1.36. The monoisotopic (exact) mass is 718 g/mol. The van der Waals surface area contributed by atoms with Crippen LogP contribution < -0.4 is 14.9 Å². The summed E-state index contributed by atoms with van der Waals surface area (Å²) in [6.07, 6.45) is -1.74. The number of methoxy groups -OCH3 is 1. The lowest BCUT2D eigenvalue weighted by Crippen LogP contribution is -2.57. The lowest BCUT2D eigenvalue weighted by Gasteiger charge is -2.46. The third kappa shape index (κ3) is 3.71. The van der Waals surface area contributed by atoms with Crippen LogP contribution in [0.2, 0.25) is 0 Å². The molecule has 1 aromatic heterocycles. The molecule has 2 aliphatic carbocycles. The molecule has 6 atom stereocenters. The number of phenols is 1. The van der Waals surface area contributed by atoms with Gasteiger partial charge >= 0.3 is 23.9 Å². The van der Waals surface area contributed by atoms with Gasteiger partial charge in [-0.25, -0.2) is 9.59 Å². The van der Waals surface area contributed by atoms with Crippen molar-refractivity contribution >= 4 is 45.8 Å². The molecule has 3 aliphatic heterocycles. The lowest BCUT2D eigenvalue weighted by atomic mass is 9.66. The summed E-state index contributed by atoms with van der Waals surface area (Å²) in [5.74, 6) is -2.88. The van der Waals surface area contributed by atoms with Crippen molar-refractivity contribution in [3.05, 3.63) is 40.1 Å². The number of aromatic hydroxyl groups is 1. The Balaban J connectivity index is 1.34. The highest BCUT2D eigenvalue weighted by Gasteiger charge is 2.78. The first kappa shape index (κ1) is 34.3. The maximum Gasteiger partial charge on any atom is 0.351 e. The zero-order valence-corrected chi connectivity index (χ0v) is 30.6. The number of esters is 4. The van der Waals surface area contributed by atoms with Gasteiger partial charge in [-0.2, -0.15) is 0 Å². The molecule has 0 amide bonds. The summed E-state index contributed by atoms with van der Waals surface area (Å²) < 4.78 is 43.0. The molecule has 13 nitrogen and oxygen atoms in total. The van der Waals surface area contributed by atoms with Gasteiger partial charge in [0.25, 0.3) is 0 Å². The maximum absolute atomic E-state index is 14.7. The Kier molecular flexibility index (Phi) is 6.58. The fourth-order valence-electron chi connectivity index (χ4n) is 9.54. The van der Waals surface area contributed by atoms with Crippen molar-refractivity contribution in [1.82, 2.24) is 0 Å². The molecule has 13 heteroatoms. The summed E-state index contributed by atoms with van der Waals surface area (Å²) in [6.45, 7) is 14.0. The van der Waals surface area contributed by atoms with E-state index >= 15 is 0 Å². The van der Waals surface area contributed by atoms with Gasteiger partial charge in [-0.3, -0.25) is 14.4 Å². The van der Waals surface area contributed by atoms with Crippen molar-refractivity contribution in [2.24, 2.45) is 21.7 Å². The molecule has 0 unspecified atom stereocenters. The molecule has 2 aromatic carbocycles. The largest absolute Gasteiger partial charge is 0.507 e. The van der Waals surface area contributed by atoms with Gasteiger partial charge in [0.2, 0.25) is 16.6 Å². The highest BCUT2D eigenvalue weighted by Crippen LogP contribution is 2.68. The molecule has 5 aliphatic rings. The molecule has 4 fully saturated rings. The van der Waals surface area contributed by atoms with Crippen LogP contribution in [0.5, 0.6) is 17.2 Å². The first-order chi connectivity index (χ1) is 24.1. The van der Waals surface area contributed by atoms with Gasteiger partial charge in [0.05, 0.1) is 23.5 Å². The van der Waals surface area contributed by atoms with Crippen molar-refractivity contribution in [3.63, 3.8) is 0 Å². The maximum atomic E-state index is 14.7. The summed E-state index contributed by atoms with van der Waals surface area (Å²) in [6, 6.07) is 5.81. The van der Waals surface area contributed by atoms with E-state index in [2.05, 4.69) is 0 Å². The van der Waals surface area contributed by atoms with E-state index in [1.165, 1.54) is 31.4 Å². The SMILES string of the molecule is COc1cc2c(c3oc4cccc(O)c4c(=O)c13)[C@@H](OC(=O)[C@@]13CC[C@@](C)(C(=O)O1)C3(C)C)[C@@H](OC(=O)[C@@]13CC[C@@](C)(C(=O)O1)C3(C)C)C(C)(C)O2. The van der Waals surface area contributed by atoms with E-state index < -0.39 is 80.0 Å². The van der Waals surface area contributed by atoms with Gasteiger partial charge in [-0.15, -0.1) is 0 Å². The Morgan fingerprint density at radius 2 is 1.33 bits per heavy atom. The number of ether oxygens (including phenoxy) is 6. The zero-order chi connectivity index (χ0) is 37.8. The third-order valence-corrected chi connectivity index (χ3v) is 14.0. The smallest absolute Gasteiger partial charge is 0.351 e. The van der Waals surface area contributed by atoms with Crippen LogP contribution >= 0.6 is 0 Å². The van der Waals surface area contributed by atoms with Crippen LogP contribution in [0.25, 0.3) is 21.9 Å². The molecular weight excluding hydrogens is 676 g/mol. The number of hydrogen-bond donors (Lipinski definition) is 1. The second kappa shape index (κ2) is 9.99. The minimum absolute atomic E-state index is 0.0242. The average Bonchev–Trinajstić information content (AvgIpc) is 3.53. The quantitative estimate of drug-likeness (QED) is 0.197. The number of phenolic OH excluding ortho intramolecular Hbond substituents is 1. The fraction of sp³-hybridized carbons (Fsp3) is 0.564. The summed E-state index contributed by atoms with van der Waals surface area (Å²) >= 11 is 0. The van der Waals surface area contributed by atoms with Crippen LogP contribution in [0, 0.1) is 21.7 Å². The summed E-state index contributed by atoms with van der Waals surface area (Å²) in [5, 5.41) is 10.5.